The van der Waals surface area contributed by atoms with Gasteiger partial charge in [0.1, 0.15) is 22.8 Å². The minimum absolute atomic E-state index is 0.231. The van der Waals surface area contributed by atoms with Gasteiger partial charge in [0.2, 0.25) is 5.78 Å². The van der Waals surface area contributed by atoms with E-state index in [1.165, 1.54) is 33.7 Å². The lowest BCUT2D eigenvalue weighted by atomic mass is 10.0. The lowest BCUT2D eigenvalue weighted by molar-refractivity contribution is 0.103. The quantitative estimate of drug-likeness (QED) is 0.783. The number of methoxy groups -OCH3 is 3. The highest BCUT2D eigenvalue weighted by Crippen LogP contribution is 2.30. The molecule has 0 spiro atoms. The van der Waals surface area contributed by atoms with Crippen LogP contribution < -0.4 is 14.2 Å². The number of nitrogens with zero attached hydrogens (tertiary/aromatic N) is 1. The molecule has 0 N–H and O–H groups in total. The SMILES string of the molecule is COc1cncc(C(=O)c2c(OC)cccc2OC)c1. The highest BCUT2D eigenvalue weighted by atomic mass is 16.5. The molecular formula is C15H15NO4. The minimum atomic E-state index is -0.231. The fourth-order valence-electron chi connectivity index (χ4n) is 1.87. The van der Waals surface area contributed by atoms with E-state index < -0.39 is 0 Å². The third-order valence-corrected chi connectivity index (χ3v) is 2.87. The molecule has 2 rings (SSSR count). The molecule has 0 fully saturated rings. The maximum Gasteiger partial charge on any atom is 0.202 e. The van der Waals surface area contributed by atoms with Crippen molar-refractivity contribution < 1.29 is 19.0 Å². The topological polar surface area (TPSA) is 57.7 Å². The van der Waals surface area contributed by atoms with E-state index in [0.717, 1.165) is 0 Å². The van der Waals surface area contributed by atoms with Crippen LogP contribution in [-0.4, -0.2) is 32.1 Å². The Morgan fingerprint density at radius 1 is 1.00 bits per heavy atom. The van der Waals surface area contributed by atoms with Crippen molar-refractivity contribution >= 4 is 5.78 Å². The zero-order valence-corrected chi connectivity index (χ0v) is 11.5. The van der Waals surface area contributed by atoms with Crippen molar-refractivity contribution in [2.45, 2.75) is 0 Å². The Labute approximate surface area is 117 Å². The smallest absolute Gasteiger partial charge is 0.202 e. The average Bonchev–Trinajstić information content (AvgIpc) is 2.53. The molecule has 0 atom stereocenters. The van der Waals surface area contributed by atoms with Crippen molar-refractivity contribution in [3.8, 4) is 17.2 Å². The van der Waals surface area contributed by atoms with E-state index in [0.29, 0.717) is 28.4 Å². The number of hydrogen-bond donors (Lipinski definition) is 0. The van der Waals surface area contributed by atoms with Gasteiger partial charge in [0.25, 0.3) is 0 Å². The third-order valence-electron chi connectivity index (χ3n) is 2.87. The molecule has 5 heteroatoms. The van der Waals surface area contributed by atoms with E-state index in [-0.39, 0.29) is 5.78 Å². The van der Waals surface area contributed by atoms with Crippen LogP contribution in [0.1, 0.15) is 15.9 Å². The summed E-state index contributed by atoms with van der Waals surface area (Å²) >= 11 is 0. The second-order valence-corrected chi connectivity index (χ2v) is 3.98. The molecule has 0 amide bonds. The van der Waals surface area contributed by atoms with Crippen LogP contribution in [0.25, 0.3) is 0 Å². The first-order valence-electron chi connectivity index (χ1n) is 5.96. The second kappa shape index (κ2) is 6.06. The van der Waals surface area contributed by atoms with Gasteiger partial charge in [0.15, 0.2) is 0 Å². The van der Waals surface area contributed by atoms with Crippen molar-refractivity contribution in [3.05, 3.63) is 47.8 Å². The molecule has 0 radical (unpaired) electrons. The number of hydrogen-bond acceptors (Lipinski definition) is 5. The normalized spacial score (nSPS) is 9.95. The third kappa shape index (κ3) is 2.56. The van der Waals surface area contributed by atoms with Gasteiger partial charge in [-0.2, -0.15) is 0 Å². The number of carbonyl (C=O) groups is 1. The maximum atomic E-state index is 12.6. The van der Waals surface area contributed by atoms with Crippen LogP contribution in [0, 0.1) is 0 Å². The van der Waals surface area contributed by atoms with Gasteiger partial charge in [-0.15, -0.1) is 0 Å². The van der Waals surface area contributed by atoms with Gasteiger partial charge in [-0.3, -0.25) is 9.78 Å². The van der Waals surface area contributed by atoms with Crippen molar-refractivity contribution in [1.29, 1.82) is 0 Å². The Bertz CT molecular complexity index is 603. The number of rotatable bonds is 5. The summed E-state index contributed by atoms with van der Waals surface area (Å²) in [5, 5.41) is 0. The molecule has 0 saturated heterocycles. The minimum Gasteiger partial charge on any atom is -0.496 e. The highest BCUT2D eigenvalue weighted by Gasteiger charge is 2.20. The van der Waals surface area contributed by atoms with Crippen LogP contribution in [0.4, 0.5) is 0 Å². The Morgan fingerprint density at radius 2 is 1.65 bits per heavy atom. The fraction of sp³-hybridized carbons (Fsp3) is 0.200. The summed E-state index contributed by atoms with van der Waals surface area (Å²) in [4.78, 5) is 16.6. The first-order valence-corrected chi connectivity index (χ1v) is 5.96. The first-order chi connectivity index (χ1) is 9.71. The number of ketones is 1. The van der Waals surface area contributed by atoms with Gasteiger partial charge < -0.3 is 14.2 Å². The highest BCUT2D eigenvalue weighted by molar-refractivity contribution is 6.12. The molecule has 5 nitrogen and oxygen atoms in total. The predicted octanol–water partition coefficient (Wildman–Crippen LogP) is 2.34. The molecule has 1 aromatic heterocycles. The van der Waals surface area contributed by atoms with Gasteiger partial charge >= 0.3 is 0 Å². The summed E-state index contributed by atoms with van der Waals surface area (Å²) < 4.78 is 15.5. The number of pyridine rings is 1. The maximum absolute atomic E-state index is 12.6. The molecule has 2 aromatic rings. The van der Waals surface area contributed by atoms with Crippen molar-refractivity contribution in [2.24, 2.45) is 0 Å². The summed E-state index contributed by atoms with van der Waals surface area (Å²) in [6.07, 6.45) is 3.02. The van der Waals surface area contributed by atoms with E-state index >= 15 is 0 Å². The van der Waals surface area contributed by atoms with Crippen LogP contribution in [0.5, 0.6) is 17.2 Å². The van der Waals surface area contributed by atoms with E-state index in [1.807, 2.05) is 0 Å². The zero-order chi connectivity index (χ0) is 14.5. The molecule has 0 aliphatic carbocycles. The van der Waals surface area contributed by atoms with Crippen molar-refractivity contribution in [2.75, 3.05) is 21.3 Å². The molecule has 1 aromatic carbocycles. The molecular weight excluding hydrogens is 258 g/mol. The Kier molecular flexibility index (Phi) is 4.20. The van der Waals surface area contributed by atoms with Gasteiger partial charge in [-0.25, -0.2) is 0 Å². The van der Waals surface area contributed by atoms with Crippen LogP contribution in [0.3, 0.4) is 0 Å². The molecule has 0 unspecified atom stereocenters. The van der Waals surface area contributed by atoms with Gasteiger partial charge in [0.05, 0.1) is 27.5 Å². The van der Waals surface area contributed by atoms with E-state index in [1.54, 1.807) is 24.3 Å². The van der Waals surface area contributed by atoms with Gasteiger partial charge in [-0.05, 0) is 18.2 Å². The monoisotopic (exact) mass is 273 g/mol. The number of aromatic nitrogens is 1. The molecule has 104 valence electrons. The lowest BCUT2D eigenvalue weighted by Crippen LogP contribution is -2.07. The summed E-state index contributed by atoms with van der Waals surface area (Å²) in [6, 6.07) is 6.81. The Balaban J connectivity index is 2.52. The summed E-state index contributed by atoms with van der Waals surface area (Å²) in [5.41, 5.74) is 0.778. The summed E-state index contributed by atoms with van der Waals surface area (Å²) in [7, 11) is 4.54. The van der Waals surface area contributed by atoms with E-state index in [4.69, 9.17) is 14.2 Å². The lowest BCUT2D eigenvalue weighted by Gasteiger charge is -2.12. The molecule has 0 aliphatic rings. The number of benzene rings is 1. The average molecular weight is 273 g/mol. The van der Waals surface area contributed by atoms with Crippen molar-refractivity contribution in [1.82, 2.24) is 4.98 Å². The van der Waals surface area contributed by atoms with Gasteiger partial charge in [-0.1, -0.05) is 6.07 Å². The largest absolute Gasteiger partial charge is 0.496 e. The Hall–Kier alpha value is -2.56. The standard InChI is InChI=1S/C15H15NO4/c1-18-11-7-10(8-16-9-11)15(17)14-12(19-2)5-4-6-13(14)20-3/h4-9H,1-3H3. The second-order valence-electron chi connectivity index (χ2n) is 3.98. The van der Waals surface area contributed by atoms with Gasteiger partial charge in [0, 0.05) is 11.8 Å². The van der Waals surface area contributed by atoms with Crippen LogP contribution in [0.2, 0.25) is 0 Å². The van der Waals surface area contributed by atoms with Crippen LogP contribution in [-0.2, 0) is 0 Å². The van der Waals surface area contributed by atoms with E-state index in [9.17, 15) is 4.79 Å². The first kappa shape index (κ1) is 13.9. The number of ether oxygens (including phenoxy) is 3. The number of carbonyl (C=O) groups excluding carboxylic acids is 1. The molecule has 0 aliphatic heterocycles. The van der Waals surface area contributed by atoms with E-state index in [2.05, 4.69) is 4.98 Å². The predicted molar refractivity (Wildman–Crippen MR) is 73.8 cm³/mol. The summed E-state index contributed by atoms with van der Waals surface area (Å²) in [5.74, 6) is 1.20. The summed E-state index contributed by atoms with van der Waals surface area (Å²) in [6.45, 7) is 0. The molecule has 1 heterocycles. The van der Waals surface area contributed by atoms with Crippen LogP contribution >= 0.6 is 0 Å². The Morgan fingerprint density at radius 3 is 2.20 bits per heavy atom. The zero-order valence-electron chi connectivity index (χ0n) is 11.5. The molecule has 0 saturated carbocycles. The van der Waals surface area contributed by atoms with Crippen LogP contribution in [0.15, 0.2) is 36.7 Å². The van der Waals surface area contributed by atoms with Crippen molar-refractivity contribution in [3.63, 3.8) is 0 Å². The molecule has 0 bridgehead atoms. The fourth-order valence-corrected chi connectivity index (χ4v) is 1.87. The molecule has 20 heavy (non-hydrogen) atoms.